The summed E-state index contributed by atoms with van der Waals surface area (Å²) in [5.74, 6) is 0. The van der Waals surface area contributed by atoms with E-state index in [1.807, 2.05) is 6.92 Å². The molecule has 0 aliphatic heterocycles. The molecular formula is C10H14N2. The molecule has 0 aliphatic carbocycles. The number of hydrogen-bond acceptors (Lipinski definition) is 2. The molecular weight excluding hydrogens is 148 g/mol. The van der Waals surface area contributed by atoms with Crippen molar-refractivity contribution >= 4 is 0 Å². The highest BCUT2D eigenvalue weighted by Gasteiger charge is 2.27. The predicted molar refractivity (Wildman–Crippen MR) is 48.0 cm³/mol. The van der Waals surface area contributed by atoms with Crippen LogP contribution in [0.25, 0.3) is 0 Å². The van der Waals surface area contributed by atoms with Gasteiger partial charge in [0.05, 0.1) is 12.1 Å². The standard InChI is InChI=1S/C10H14N2/c1-3-5-7-10(8-11,9-12)6-4-2/h3H,1,4-7H2,2H3. The molecule has 0 spiro atoms. The van der Waals surface area contributed by atoms with Gasteiger partial charge in [-0.1, -0.05) is 19.4 Å². The summed E-state index contributed by atoms with van der Waals surface area (Å²) >= 11 is 0. The molecule has 0 atom stereocenters. The third-order valence-corrected chi connectivity index (χ3v) is 1.88. The van der Waals surface area contributed by atoms with Crippen LogP contribution in [0.1, 0.15) is 32.6 Å². The Morgan fingerprint density at radius 3 is 2.25 bits per heavy atom. The van der Waals surface area contributed by atoms with E-state index in [0.29, 0.717) is 12.8 Å². The maximum atomic E-state index is 8.83. The fourth-order valence-electron chi connectivity index (χ4n) is 1.15. The molecule has 0 radical (unpaired) electrons. The van der Waals surface area contributed by atoms with Crippen molar-refractivity contribution in [2.45, 2.75) is 32.6 Å². The van der Waals surface area contributed by atoms with Crippen LogP contribution in [0.5, 0.6) is 0 Å². The molecule has 0 saturated carbocycles. The number of rotatable bonds is 5. The van der Waals surface area contributed by atoms with Crippen molar-refractivity contribution in [2.75, 3.05) is 0 Å². The van der Waals surface area contributed by atoms with Crippen molar-refractivity contribution in [1.82, 2.24) is 0 Å². The molecule has 0 aromatic carbocycles. The van der Waals surface area contributed by atoms with Crippen LogP contribution in [-0.2, 0) is 0 Å². The molecule has 0 aromatic rings. The zero-order valence-corrected chi connectivity index (χ0v) is 7.51. The van der Waals surface area contributed by atoms with Crippen LogP contribution in [0.4, 0.5) is 0 Å². The first-order chi connectivity index (χ1) is 5.74. The van der Waals surface area contributed by atoms with E-state index in [4.69, 9.17) is 10.5 Å². The highest BCUT2D eigenvalue weighted by atomic mass is 14.4. The average molecular weight is 162 g/mol. The lowest BCUT2D eigenvalue weighted by molar-refractivity contribution is 0.438. The van der Waals surface area contributed by atoms with Gasteiger partial charge in [0.2, 0.25) is 0 Å². The predicted octanol–water partition coefficient (Wildman–Crippen LogP) is 2.79. The Bertz CT molecular complexity index is 203. The second kappa shape index (κ2) is 5.38. The smallest absolute Gasteiger partial charge is 0.144 e. The van der Waals surface area contributed by atoms with E-state index < -0.39 is 5.41 Å². The summed E-state index contributed by atoms with van der Waals surface area (Å²) in [5, 5.41) is 17.7. The van der Waals surface area contributed by atoms with Crippen molar-refractivity contribution in [1.29, 1.82) is 10.5 Å². The summed E-state index contributed by atoms with van der Waals surface area (Å²) in [7, 11) is 0. The van der Waals surface area contributed by atoms with Crippen LogP contribution in [0, 0.1) is 28.1 Å². The third-order valence-electron chi connectivity index (χ3n) is 1.88. The summed E-state index contributed by atoms with van der Waals surface area (Å²) < 4.78 is 0. The van der Waals surface area contributed by atoms with Gasteiger partial charge in [-0.3, -0.25) is 0 Å². The van der Waals surface area contributed by atoms with Gasteiger partial charge in [-0.15, -0.1) is 6.58 Å². The first-order valence-corrected chi connectivity index (χ1v) is 4.18. The average Bonchev–Trinajstić information content (AvgIpc) is 2.13. The largest absolute Gasteiger partial charge is 0.197 e. The second-order valence-electron chi connectivity index (χ2n) is 2.88. The molecule has 2 heteroatoms. The number of allylic oxidation sites excluding steroid dienone is 1. The maximum Gasteiger partial charge on any atom is 0.144 e. The molecule has 0 unspecified atom stereocenters. The fourth-order valence-corrected chi connectivity index (χ4v) is 1.15. The molecule has 2 nitrogen and oxygen atoms in total. The molecule has 12 heavy (non-hydrogen) atoms. The van der Waals surface area contributed by atoms with E-state index in [0.717, 1.165) is 12.8 Å². The van der Waals surface area contributed by atoms with E-state index in [2.05, 4.69) is 18.7 Å². The molecule has 0 N–H and O–H groups in total. The van der Waals surface area contributed by atoms with Gasteiger partial charge in [0.1, 0.15) is 5.41 Å². The van der Waals surface area contributed by atoms with Crippen molar-refractivity contribution in [3.63, 3.8) is 0 Å². The summed E-state index contributed by atoms with van der Waals surface area (Å²) in [6.07, 6.45) is 4.63. The van der Waals surface area contributed by atoms with Crippen LogP contribution >= 0.6 is 0 Å². The summed E-state index contributed by atoms with van der Waals surface area (Å²) in [6, 6.07) is 4.18. The number of nitriles is 2. The Hall–Kier alpha value is -1.28. The second-order valence-corrected chi connectivity index (χ2v) is 2.88. The molecule has 0 fully saturated rings. The Balaban J connectivity index is 4.29. The Morgan fingerprint density at radius 1 is 1.33 bits per heavy atom. The topological polar surface area (TPSA) is 47.6 Å². The van der Waals surface area contributed by atoms with Gasteiger partial charge in [-0.2, -0.15) is 10.5 Å². The van der Waals surface area contributed by atoms with Crippen LogP contribution in [0.3, 0.4) is 0 Å². The lowest BCUT2D eigenvalue weighted by Crippen LogP contribution is -2.15. The minimum Gasteiger partial charge on any atom is -0.197 e. The molecule has 0 bridgehead atoms. The van der Waals surface area contributed by atoms with Crippen LogP contribution in [0.2, 0.25) is 0 Å². The van der Waals surface area contributed by atoms with E-state index >= 15 is 0 Å². The van der Waals surface area contributed by atoms with Gasteiger partial charge in [0.25, 0.3) is 0 Å². The van der Waals surface area contributed by atoms with E-state index in [-0.39, 0.29) is 0 Å². The van der Waals surface area contributed by atoms with Crippen LogP contribution in [0.15, 0.2) is 12.7 Å². The van der Waals surface area contributed by atoms with Crippen LogP contribution in [-0.4, -0.2) is 0 Å². The number of hydrogen-bond donors (Lipinski definition) is 0. The Morgan fingerprint density at radius 2 is 1.92 bits per heavy atom. The van der Waals surface area contributed by atoms with Gasteiger partial charge in [-0.25, -0.2) is 0 Å². The molecule has 64 valence electrons. The van der Waals surface area contributed by atoms with E-state index in [9.17, 15) is 0 Å². The minimum atomic E-state index is -0.775. The number of nitrogens with zero attached hydrogens (tertiary/aromatic N) is 2. The summed E-state index contributed by atoms with van der Waals surface area (Å²) in [4.78, 5) is 0. The monoisotopic (exact) mass is 162 g/mol. The van der Waals surface area contributed by atoms with Gasteiger partial charge in [0.15, 0.2) is 0 Å². The SMILES string of the molecule is C=CCCC(C#N)(C#N)CCC. The Kier molecular flexibility index (Phi) is 4.81. The quantitative estimate of drug-likeness (QED) is 0.583. The highest BCUT2D eigenvalue weighted by molar-refractivity contribution is 5.13. The Labute approximate surface area is 74.1 Å². The minimum absolute atomic E-state index is 0.608. The van der Waals surface area contributed by atoms with Gasteiger partial charge in [0, 0.05) is 0 Å². The summed E-state index contributed by atoms with van der Waals surface area (Å²) in [6.45, 7) is 5.56. The van der Waals surface area contributed by atoms with Gasteiger partial charge in [-0.05, 0) is 19.3 Å². The molecule has 0 aromatic heterocycles. The molecule has 0 amide bonds. The van der Waals surface area contributed by atoms with Crippen molar-refractivity contribution in [3.8, 4) is 12.1 Å². The molecule has 0 saturated heterocycles. The lowest BCUT2D eigenvalue weighted by atomic mass is 9.82. The van der Waals surface area contributed by atoms with Gasteiger partial charge >= 0.3 is 0 Å². The summed E-state index contributed by atoms with van der Waals surface area (Å²) in [5.41, 5.74) is -0.775. The van der Waals surface area contributed by atoms with Crippen molar-refractivity contribution in [3.05, 3.63) is 12.7 Å². The first kappa shape index (κ1) is 10.7. The zero-order valence-electron chi connectivity index (χ0n) is 7.51. The maximum absolute atomic E-state index is 8.83. The molecule has 0 aliphatic rings. The van der Waals surface area contributed by atoms with E-state index in [1.54, 1.807) is 6.08 Å². The molecule has 0 heterocycles. The third kappa shape index (κ3) is 2.76. The zero-order chi connectivity index (χ0) is 9.45. The molecule has 0 rings (SSSR count). The normalized spacial score (nSPS) is 9.92. The lowest BCUT2D eigenvalue weighted by Gasteiger charge is -2.15. The van der Waals surface area contributed by atoms with Crippen molar-refractivity contribution < 1.29 is 0 Å². The fraction of sp³-hybridized carbons (Fsp3) is 0.600. The van der Waals surface area contributed by atoms with Crippen molar-refractivity contribution in [2.24, 2.45) is 5.41 Å². The van der Waals surface area contributed by atoms with Crippen LogP contribution < -0.4 is 0 Å². The van der Waals surface area contributed by atoms with Gasteiger partial charge < -0.3 is 0 Å². The highest BCUT2D eigenvalue weighted by Crippen LogP contribution is 2.27. The first-order valence-electron chi connectivity index (χ1n) is 4.18. The van der Waals surface area contributed by atoms with E-state index in [1.165, 1.54) is 0 Å².